The van der Waals surface area contributed by atoms with Gasteiger partial charge in [0.05, 0.1) is 16.8 Å². The van der Waals surface area contributed by atoms with E-state index >= 15 is 0 Å². The number of aromatic nitrogens is 2. The maximum atomic E-state index is 14.5. The van der Waals surface area contributed by atoms with Crippen LogP contribution in [0.5, 0.6) is 6.01 Å². The number of hydrogen-bond acceptors (Lipinski definition) is 7. The molecule has 7 nitrogen and oxygen atoms in total. The minimum absolute atomic E-state index is 0.0537. The SMILES string of the molecule is CN1Cc2c(nc(OCC34CCCN3C[C@H](F)C4)nc2N2C[C@H]3CC[C@@H](C2)C3N)C[C@]12CCCc1ccccc12. The summed E-state index contributed by atoms with van der Waals surface area (Å²) in [7, 11) is 2.29. The summed E-state index contributed by atoms with van der Waals surface area (Å²) < 4.78 is 21.0. The lowest BCUT2D eigenvalue weighted by atomic mass is 9.71. The van der Waals surface area contributed by atoms with E-state index in [0.717, 1.165) is 69.8 Å². The van der Waals surface area contributed by atoms with Gasteiger partial charge < -0.3 is 15.4 Å². The van der Waals surface area contributed by atoms with E-state index in [1.165, 1.54) is 36.0 Å². The van der Waals surface area contributed by atoms with Crippen LogP contribution in [0.4, 0.5) is 10.2 Å². The zero-order valence-electron chi connectivity index (χ0n) is 23.8. The lowest BCUT2D eigenvalue weighted by Crippen LogP contribution is -2.52. The van der Waals surface area contributed by atoms with Gasteiger partial charge in [-0.25, -0.2) is 4.39 Å². The maximum Gasteiger partial charge on any atom is 0.318 e. The number of alkyl halides is 1. The second kappa shape index (κ2) is 9.36. The summed E-state index contributed by atoms with van der Waals surface area (Å²) in [5.41, 5.74) is 11.7. The molecule has 2 bridgehead atoms. The molecule has 4 fully saturated rings. The summed E-state index contributed by atoms with van der Waals surface area (Å²) in [6.07, 6.45) is 8.65. The average Bonchev–Trinajstić information content (AvgIpc) is 3.53. The molecule has 0 amide bonds. The van der Waals surface area contributed by atoms with Crippen LogP contribution in [0.2, 0.25) is 0 Å². The van der Waals surface area contributed by atoms with E-state index in [-0.39, 0.29) is 11.1 Å². The summed E-state index contributed by atoms with van der Waals surface area (Å²) in [5.74, 6) is 2.10. The van der Waals surface area contributed by atoms with Crippen LogP contribution in [0.3, 0.4) is 0 Å². The molecule has 1 aromatic heterocycles. The second-order valence-corrected chi connectivity index (χ2v) is 13.8. The van der Waals surface area contributed by atoms with Crippen molar-refractivity contribution in [1.82, 2.24) is 19.8 Å². The minimum Gasteiger partial charge on any atom is -0.461 e. The van der Waals surface area contributed by atoms with Crippen LogP contribution < -0.4 is 15.4 Å². The normalized spacial score (nSPS) is 37.0. The number of anilines is 1. The topological polar surface area (TPSA) is 70.8 Å². The molecule has 40 heavy (non-hydrogen) atoms. The molecule has 2 aromatic rings. The molecule has 1 aromatic carbocycles. The van der Waals surface area contributed by atoms with Crippen molar-refractivity contribution in [1.29, 1.82) is 0 Å². The van der Waals surface area contributed by atoms with Crippen molar-refractivity contribution < 1.29 is 9.13 Å². The van der Waals surface area contributed by atoms with Crippen molar-refractivity contribution in [3.05, 3.63) is 46.6 Å². The molecule has 5 heterocycles. The van der Waals surface area contributed by atoms with Crippen molar-refractivity contribution >= 4 is 5.82 Å². The first-order valence-electron chi connectivity index (χ1n) is 15.7. The zero-order chi connectivity index (χ0) is 27.1. The number of rotatable bonds is 4. The van der Waals surface area contributed by atoms with Crippen LogP contribution in [0.15, 0.2) is 24.3 Å². The third kappa shape index (κ3) is 3.85. The Bertz CT molecular complexity index is 1290. The highest BCUT2D eigenvalue weighted by Gasteiger charge is 2.50. The first-order chi connectivity index (χ1) is 19.4. The fourth-order valence-corrected chi connectivity index (χ4v) is 9.49. The molecule has 2 unspecified atom stereocenters. The smallest absolute Gasteiger partial charge is 0.318 e. The van der Waals surface area contributed by atoms with Crippen LogP contribution in [-0.2, 0) is 24.9 Å². The molecule has 8 heteroatoms. The fourth-order valence-electron chi connectivity index (χ4n) is 9.49. The standard InChI is InChI=1S/C32H43FN6O/c1-37-19-25-27(15-32(37)12-4-7-21-6-2-3-8-26(21)32)35-30(40-20-31-11-5-13-39(31)18-24(33)14-31)36-29(25)38-16-22-9-10-23(17-38)28(22)34/h2-3,6,8,22-24,28H,4-5,7,9-20,34H2,1H3/t22-,23+,24-,28?,31?,32+/m1/s1. The molecule has 8 rings (SSSR count). The largest absolute Gasteiger partial charge is 0.461 e. The molecule has 3 saturated heterocycles. The van der Waals surface area contributed by atoms with E-state index in [1.807, 2.05) is 0 Å². The Balaban J connectivity index is 1.17. The number of aryl methyl sites for hydroxylation is 1. The van der Waals surface area contributed by atoms with Crippen molar-refractivity contribution in [2.45, 2.75) is 87.6 Å². The summed E-state index contributed by atoms with van der Waals surface area (Å²) in [6.45, 7) is 4.71. The third-order valence-electron chi connectivity index (χ3n) is 11.6. The summed E-state index contributed by atoms with van der Waals surface area (Å²) in [6, 6.07) is 9.78. The average molecular weight is 547 g/mol. The molecule has 0 radical (unpaired) electrons. The quantitative estimate of drug-likeness (QED) is 0.625. The maximum absolute atomic E-state index is 14.5. The number of piperidine rings is 1. The van der Waals surface area contributed by atoms with Crippen LogP contribution in [0, 0.1) is 11.8 Å². The minimum atomic E-state index is -0.765. The Kier molecular flexibility index (Phi) is 5.95. The van der Waals surface area contributed by atoms with Gasteiger partial charge in [-0.1, -0.05) is 24.3 Å². The number of hydrogen-bond donors (Lipinski definition) is 1. The first-order valence-corrected chi connectivity index (χ1v) is 15.7. The summed E-state index contributed by atoms with van der Waals surface area (Å²) in [4.78, 5) is 17.7. The Hall–Kier alpha value is -2.29. The van der Waals surface area contributed by atoms with Crippen molar-refractivity contribution in [2.24, 2.45) is 17.6 Å². The fraction of sp³-hybridized carbons (Fsp3) is 0.688. The van der Waals surface area contributed by atoms with Gasteiger partial charge in [0, 0.05) is 50.6 Å². The second-order valence-electron chi connectivity index (χ2n) is 13.8. The van der Waals surface area contributed by atoms with Crippen molar-refractivity contribution in [3.8, 4) is 6.01 Å². The number of fused-ring (bicyclic) bond motifs is 6. The number of ether oxygens (including phenoxy) is 1. The lowest BCUT2D eigenvalue weighted by molar-refractivity contribution is 0.0713. The van der Waals surface area contributed by atoms with Gasteiger partial charge in [0.2, 0.25) is 0 Å². The van der Waals surface area contributed by atoms with Crippen molar-refractivity contribution in [3.63, 3.8) is 0 Å². The van der Waals surface area contributed by atoms with Gasteiger partial charge in [-0.2, -0.15) is 9.97 Å². The number of nitrogens with two attached hydrogens (primary N) is 1. The molecule has 6 aliphatic rings. The highest BCUT2D eigenvalue weighted by molar-refractivity contribution is 5.54. The predicted octanol–water partition coefficient (Wildman–Crippen LogP) is 3.83. The van der Waals surface area contributed by atoms with Gasteiger partial charge in [0.25, 0.3) is 0 Å². The number of halogens is 1. The van der Waals surface area contributed by atoms with Gasteiger partial charge in [-0.3, -0.25) is 9.80 Å². The van der Waals surface area contributed by atoms with E-state index in [1.54, 1.807) is 0 Å². The van der Waals surface area contributed by atoms with Crippen molar-refractivity contribution in [2.75, 3.05) is 44.7 Å². The molecule has 4 aliphatic heterocycles. The van der Waals surface area contributed by atoms with E-state index in [0.29, 0.717) is 43.5 Å². The Morgan fingerprint density at radius 1 is 1.07 bits per heavy atom. The van der Waals surface area contributed by atoms with Gasteiger partial charge in [0.15, 0.2) is 0 Å². The molecule has 1 spiro atoms. The third-order valence-corrected chi connectivity index (χ3v) is 11.6. The van der Waals surface area contributed by atoms with E-state index < -0.39 is 6.17 Å². The van der Waals surface area contributed by atoms with Gasteiger partial charge >= 0.3 is 6.01 Å². The van der Waals surface area contributed by atoms with E-state index in [2.05, 4.69) is 46.0 Å². The van der Waals surface area contributed by atoms with Gasteiger partial charge in [-0.15, -0.1) is 0 Å². The highest BCUT2D eigenvalue weighted by atomic mass is 19.1. The molecule has 214 valence electrons. The van der Waals surface area contributed by atoms with Crippen LogP contribution >= 0.6 is 0 Å². The number of nitrogens with zero attached hydrogens (tertiary/aromatic N) is 5. The van der Waals surface area contributed by atoms with Crippen LogP contribution in [0.25, 0.3) is 0 Å². The summed E-state index contributed by atoms with van der Waals surface area (Å²) >= 11 is 0. The molecular formula is C32H43FN6O. The Labute approximate surface area is 237 Å². The predicted molar refractivity (Wildman–Crippen MR) is 153 cm³/mol. The van der Waals surface area contributed by atoms with Gasteiger partial charge in [0.1, 0.15) is 18.6 Å². The van der Waals surface area contributed by atoms with Crippen LogP contribution in [0.1, 0.15) is 67.3 Å². The molecular weight excluding hydrogens is 503 g/mol. The molecule has 2 N–H and O–H groups in total. The number of benzene rings is 1. The van der Waals surface area contributed by atoms with Crippen LogP contribution in [-0.4, -0.2) is 77.4 Å². The monoisotopic (exact) mass is 546 g/mol. The molecule has 1 saturated carbocycles. The number of likely N-dealkylation sites (N-methyl/N-ethyl adjacent to an activating group) is 1. The Morgan fingerprint density at radius 3 is 2.75 bits per heavy atom. The summed E-state index contributed by atoms with van der Waals surface area (Å²) in [5, 5.41) is 0. The molecule has 6 atom stereocenters. The van der Waals surface area contributed by atoms with E-state index in [4.69, 9.17) is 20.4 Å². The highest BCUT2D eigenvalue weighted by Crippen LogP contribution is 2.48. The first kappa shape index (κ1) is 25.4. The zero-order valence-corrected chi connectivity index (χ0v) is 23.8. The Morgan fingerprint density at radius 2 is 1.90 bits per heavy atom. The molecule has 2 aliphatic carbocycles. The lowest BCUT2D eigenvalue weighted by Gasteiger charge is -2.49. The van der Waals surface area contributed by atoms with E-state index in [9.17, 15) is 4.39 Å². The van der Waals surface area contributed by atoms with Gasteiger partial charge in [-0.05, 0) is 81.5 Å².